The van der Waals surface area contributed by atoms with Crippen molar-refractivity contribution < 1.29 is 9.59 Å². The van der Waals surface area contributed by atoms with Crippen LogP contribution in [0.15, 0.2) is 35.1 Å². The van der Waals surface area contributed by atoms with Gasteiger partial charge in [0.15, 0.2) is 5.65 Å². The van der Waals surface area contributed by atoms with Crippen LogP contribution in [0.1, 0.15) is 30.7 Å². The molecule has 1 aromatic carbocycles. The van der Waals surface area contributed by atoms with E-state index in [9.17, 15) is 9.59 Å². The van der Waals surface area contributed by atoms with Gasteiger partial charge in [-0.15, -0.1) is 10.2 Å². The van der Waals surface area contributed by atoms with Gasteiger partial charge in [0, 0.05) is 31.3 Å². The van der Waals surface area contributed by atoms with Gasteiger partial charge >= 0.3 is 0 Å². The zero-order valence-electron chi connectivity index (χ0n) is 19.0. The predicted octanol–water partition coefficient (Wildman–Crippen LogP) is 3.74. The molecule has 12 heteroatoms. The third kappa shape index (κ3) is 3.71. The first-order valence-corrected chi connectivity index (χ1v) is 12.8. The molecule has 1 aliphatic heterocycles. The molecule has 0 bridgehead atoms. The number of aryl methyl sites for hydroxylation is 1. The summed E-state index contributed by atoms with van der Waals surface area (Å²) in [5.74, 6) is 0.297. The number of hydrogen-bond donors (Lipinski definition) is 1. The summed E-state index contributed by atoms with van der Waals surface area (Å²) in [5.41, 5.74) is 1.92. The molecule has 1 saturated carbocycles. The summed E-state index contributed by atoms with van der Waals surface area (Å²) in [7, 11) is 1.57. The Bertz CT molecular complexity index is 1480. The zero-order valence-corrected chi connectivity index (χ0v) is 21.4. The van der Waals surface area contributed by atoms with Crippen LogP contribution in [0.25, 0.3) is 27.3 Å². The fourth-order valence-corrected chi connectivity index (χ4v) is 6.15. The molecule has 2 atom stereocenters. The van der Waals surface area contributed by atoms with E-state index in [0.717, 1.165) is 33.1 Å². The number of fused-ring (bicyclic) bond motifs is 1. The van der Waals surface area contributed by atoms with Gasteiger partial charge in [0.05, 0.1) is 16.5 Å². The number of hydrogen-bond acceptors (Lipinski definition) is 9. The minimum Gasteiger partial charge on any atom is -0.351 e. The Morgan fingerprint density at radius 2 is 2.00 bits per heavy atom. The summed E-state index contributed by atoms with van der Waals surface area (Å²) >= 11 is 5.07. The maximum absolute atomic E-state index is 12.7. The lowest BCUT2D eigenvalue weighted by Gasteiger charge is -2.20. The van der Waals surface area contributed by atoms with E-state index in [0.29, 0.717) is 29.0 Å². The van der Waals surface area contributed by atoms with Crippen molar-refractivity contribution in [2.24, 2.45) is 5.41 Å². The van der Waals surface area contributed by atoms with E-state index in [1.54, 1.807) is 29.3 Å². The molecule has 1 spiro atoms. The fraction of sp³-hybridized carbons (Fsp3) is 0.348. The number of nitrogens with one attached hydrogen (secondary N) is 1. The lowest BCUT2D eigenvalue weighted by atomic mass is 9.84. The molecule has 178 valence electrons. The lowest BCUT2D eigenvalue weighted by molar-refractivity contribution is -0.139. The van der Waals surface area contributed by atoms with Gasteiger partial charge in [-0.3, -0.25) is 14.5 Å². The molecular formula is C23H21BrN8O2S. The number of carbonyl (C=O) groups is 2. The average Bonchev–Trinajstić information content (AvgIpc) is 3.59. The van der Waals surface area contributed by atoms with Gasteiger partial charge in [0.1, 0.15) is 14.6 Å². The van der Waals surface area contributed by atoms with E-state index < -0.39 is 5.41 Å². The number of halogens is 1. The summed E-state index contributed by atoms with van der Waals surface area (Å²) in [5, 5.41) is 18.9. The Kier molecular flexibility index (Phi) is 5.18. The van der Waals surface area contributed by atoms with Crippen molar-refractivity contribution in [3.05, 3.63) is 40.1 Å². The van der Waals surface area contributed by atoms with Crippen LogP contribution in [-0.2, 0) is 9.59 Å². The first-order valence-electron chi connectivity index (χ1n) is 11.2. The van der Waals surface area contributed by atoms with Gasteiger partial charge < -0.3 is 5.32 Å². The van der Waals surface area contributed by atoms with Gasteiger partial charge in [-0.1, -0.05) is 11.3 Å². The van der Waals surface area contributed by atoms with Crippen LogP contribution in [0.2, 0.25) is 0 Å². The van der Waals surface area contributed by atoms with E-state index in [4.69, 9.17) is 4.98 Å². The van der Waals surface area contributed by atoms with E-state index in [2.05, 4.69) is 41.5 Å². The first kappa shape index (κ1) is 22.2. The third-order valence-corrected chi connectivity index (χ3v) is 8.30. The molecule has 10 nitrogen and oxygen atoms in total. The third-order valence-electron chi connectivity index (χ3n) is 6.83. The molecule has 0 radical (unpaired) electrons. The number of benzene rings is 1. The molecule has 6 rings (SSSR count). The smallest absolute Gasteiger partial charge is 0.235 e. The van der Waals surface area contributed by atoms with Crippen molar-refractivity contribution in [2.45, 2.75) is 38.6 Å². The van der Waals surface area contributed by atoms with Crippen molar-refractivity contribution in [3.63, 3.8) is 0 Å². The van der Waals surface area contributed by atoms with Crippen LogP contribution in [0.4, 0.5) is 5.95 Å². The van der Waals surface area contributed by atoms with Crippen molar-refractivity contribution in [1.29, 1.82) is 0 Å². The molecule has 2 aliphatic rings. The molecule has 35 heavy (non-hydrogen) atoms. The molecule has 4 aromatic rings. The summed E-state index contributed by atoms with van der Waals surface area (Å²) in [6.07, 6.45) is 4.08. The maximum atomic E-state index is 12.7. The number of aromatic nitrogens is 6. The Hall–Kier alpha value is -3.25. The van der Waals surface area contributed by atoms with Gasteiger partial charge in [0.25, 0.3) is 0 Å². The van der Waals surface area contributed by atoms with Crippen LogP contribution in [-0.4, -0.2) is 59.7 Å². The molecule has 3 aromatic heterocycles. The van der Waals surface area contributed by atoms with Crippen LogP contribution >= 0.6 is 27.3 Å². The standard InChI is InChI=1S/C23H21BrN8O2S/c1-12-28-29-20(35-12)13-3-5-15(6-4-13)32-19-16(18(24)30-32)11-25-22(27-19)26-14-7-8-23(9-14)10-17(33)31(2)21(23)34/h3-6,11,14H,7-10H2,1-2H3,(H,25,26,27)/t14-,23?/m1/s1. The zero-order chi connectivity index (χ0) is 24.3. The number of carbonyl (C=O) groups excluding carboxylic acids is 2. The summed E-state index contributed by atoms with van der Waals surface area (Å²) in [4.78, 5) is 35.2. The largest absolute Gasteiger partial charge is 0.351 e. The van der Waals surface area contributed by atoms with E-state index in [1.165, 1.54) is 4.90 Å². The highest BCUT2D eigenvalue weighted by Crippen LogP contribution is 2.47. The minimum atomic E-state index is -0.592. The fourth-order valence-electron chi connectivity index (χ4n) is 5.02. The summed E-state index contributed by atoms with van der Waals surface area (Å²) < 4.78 is 2.42. The number of rotatable bonds is 4. The molecule has 1 saturated heterocycles. The predicted molar refractivity (Wildman–Crippen MR) is 134 cm³/mol. The molecule has 1 aliphatic carbocycles. The number of likely N-dealkylation sites (tertiary alicyclic amines) is 1. The molecule has 1 unspecified atom stereocenters. The second-order valence-corrected chi connectivity index (χ2v) is 11.0. The molecule has 2 amide bonds. The molecular weight excluding hydrogens is 532 g/mol. The van der Waals surface area contributed by atoms with Gasteiger partial charge in [-0.2, -0.15) is 10.1 Å². The summed E-state index contributed by atoms with van der Waals surface area (Å²) in [6.45, 7) is 1.93. The van der Waals surface area contributed by atoms with Crippen molar-refractivity contribution in [2.75, 3.05) is 12.4 Å². The van der Waals surface area contributed by atoms with E-state index >= 15 is 0 Å². The van der Waals surface area contributed by atoms with Crippen molar-refractivity contribution in [1.82, 2.24) is 34.8 Å². The Morgan fingerprint density at radius 3 is 2.69 bits per heavy atom. The molecule has 4 heterocycles. The van der Waals surface area contributed by atoms with Crippen LogP contribution < -0.4 is 5.32 Å². The van der Waals surface area contributed by atoms with Crippen molar-refractivity contribution in [3.8, 4) is 16.3 Å². The van der Waals surface area contributed by atoms with Gasteiger partial charge in [0.2, 0.25) is 17.8 Å². The highest BCUT2D eigenvalue weighted by Gasteiger charge is 2.53. The van der Waals surface area contributed by atoms with Crippen LogP contribution in [0.5, 0.6) is 0 Å². The number of nitrogens with zero attached hydrogens (tertiary/aromatic N) is 7. The number of imide groups is 1. The minimum absolute atomic E-state index is 0.0187. The Labute approximate surface area is 212 Å². The van der Waals surface area contributed by atoms with Crippen LogP contribution in [0.3, 0.4) is 0 Å². The van der Waals surface area contributed by atoms with Gasteiger partial charge in [-0.25, -0.2) is 9.67 Å². The lowest BCUT2D eigenvalue weighted by Crippen LogP contribution is -2.32. The average molecular weight is 553 g/mol. The first-order chi connectivity index (χ1) is 16.8. The monoisotopic (exact) mass is 552 g/mol. The quantitative estimate of drug-likeness (QED) is 0.380. The highest BCUT2D eigenvalue weighted by molar-refractivity contribution is 9.10. The van der Waals surface area contributed by atoms with E-state index in [-0.39, 0.29) is 24.3 Å². The maximum Gasteiger partial charge on any atom is 0.235 e. The van der Waals surface area contributed by atoms with Gasteiger partial charge in [-0.05, 0) is 66.4 Å². The molecule has 2 fully saturated rings. The Balaban J connectivity index is 1.26. The topological polar surface area (TPSA) is 119 Å². The Morgan fingerprint density at radius 1 is 1.20 bits per heavy atom. The SMILES string of the molecule is Cc1nnc(-c2ccc(-n3nc(Br)c4cnc(N[C@@H]5CCC6(CC(=O)N(C)C6=O)C5)nc43)cc2)s1. The number of amides is 2. The van der Waals surface area contributed by atoms with Crippen molar-refractivity contribution >= 4 is 56.1 Å². The molecule has 1 N–H and O–H groups in total. The second-order valence-electron chi connectivity index (χ2n) is 9.11. The van der Waals surface area contributed by atoms with E-state index in [1.807, 2.05) is 31.2 Å². The summed E-state index contributed by atoms with van der Waals surface area (Å²) in [6, 6.07) is 7.95. The number of anilines is 1. The second kappa shape index (κ2) is 8.16. The highest BCUT2D eigenvalue weighted by atomic mass is 79.9. The normalized spacial score (nSPS) is 22.1. The van der Waals surface area contributed by atoms with Crippen LogP contribution in [0, 0.1) is 12.3 Å².